The van der Waals surface area contributed by atoms with Crippen molar-refractivity contribution in [3.63, 3.8) is 0 Å². The second-order valence-electron chi connectivity index (χ2n) is 3.68. The summed E-state index contributed by atoms with van der Waals surface area (Å²) in [5.74, 6) is -0.847. The van der Waals surface area contributed by atoms with Gasteiger partial charge in [-0.15, -0.1) is 12.4 Å². The van der Waals surface area contributed by atoms with Gasteiger partial charge in [0.1, 0.15) is 0 Å². The fourth-order valence-electron chi connectivity index (χ4n) is 1.82. The normalized spacial score (nSPS) is 27.3. The molecule has 0 bridgehead atoms. The average molecular weight is 235 g/mol. The van der Waals surface area contributed by atoms with Crippen LogP contribution in [-0.4, -0.2) is 56.0 Å². The monoisotopic (exact) mass is 234 g/mol. The number of nitrogens with zero attached hydrogens (tertiary/aromatic N) is 1. The first-order chi connectivity index (χ1) is 6.77. The number of morpholine rings is 1. The maximum Gasteiger partial charge on any atom is 0.287 e. The first kappa shape index (κ1) is 12.4. The Bertz CT molecular complexity index is 254. The van der Waals surface area contributed by atoms with Crippen LogP contribution in [0.2, 0.25) is 0 Å². The Balaban J connectivity index is 0.00000112. The Morgan fingerprint density at radius 2 is 2.00 bits per heavy atom. The van der Waals surface area contributed by atoms with E-state index in [1.807, 2.05) is 0 Å². The second kappa shape index (κ2) is 5.44. The van der Waals surface area contributed by atoms with E-state index in [0.29, 0.717) is 13.1 Å². The van der Waals surface area contributed by atoms with Gasteiger partial charge in [0.2, 0.25) is 5.78 Å². The minimum atomic E-state index is -0.428. The zero-order valence-electron chi connectivity index (χ0n) is 8.40. The minimum Gasteiger partial charge on any atom is -0.379 e. The van der Waals surface area contributed by atoms with Gasteiger partial charge in [0.05, 0.1) is 19.1 Å². The summed E-state index contributed by atoms with van der Waals surface area (Å²) in [6.45, 7) is 4.34. The zero-order chi connectivity index (χ0) is 9.97. The lowest BCUT2D eigenvalue weighted by Crippen LogP contribution is -2.41. The van der Waals surface area contributed by atoms with E-state index < -0.39 is 5.91 Å². The van der Waals surface area contributed by atoms with Crippen LogP contribution in [0, 0.1) is 5.92 Å². The van der Waals surface area contributed by atoms with Gasteiger partial charge in [-0.1, -0.05) is 0 Å². The molecule has 1 N–H and O–H groups in total. The topological polar surface area (TPSA) is 58.6 Å². The molecule has 0 aromatic heterocycles. The van der Waals surface area contributed by atoms with Crippen molar-refractivity contribution in [3.05, 3.63) is 0 Å². The number of rotatable bonds is 2. The molecule has 1 unspecified atom stereocenters. The molecule has 6 heteroatoms. The lowest BCUT2D eigenvalue weighted by atomic mass is 10.1. The highest BCUT2D eigenvalue weighted by atomic mass is 35.5. The van der Waals surface area contributed by atoms with Gasteiger partial charge in [0, 0.05) is 26.2 Å². The molecule has 15 heavy (non-hydrogen) atoms. The van der Waals surface area contributed by atoms with Crippen molar-refractivity contribution >= 4 is 24.1 Å². The molecule has 2 aliphatic heterocycles. The number of halogens is 1. The third kappa shape index (κ3) is 2.90. The summed E-state index contributed by atoms with van der Waals surface area (Å²) in [5.41, 5.74) is 0. The molecule has 1 amide bonds. The van der Waals surface area contributed by atoms with Gasteiger partial charge in [0.25, 0.3) is 5.91 Å². The molecule has 0 radical (unpaired) electrons. The van der Waals surface area contributed by atoms with Crippen LogP contribution in [0.3, 0.4) is 0 Å². The fraction of sp³-hybridized carbons (Fsp3) is 0.778. The molecule has 2 rings (SSSR count). The first-order valence-electron chi connectivity index (χ1n) is 4.89. The summed E-state index contributed by atoms with van der Waals surface area (Å²) in [5, 5.41) is 2.56. The third-order valence-corrected chi connectivity index (χ3v) is 2.69. The van der Waals surface area contributed by atoms with E-state index in [2.05, 4.69) is 10.2 Å². The summed E-state index contributed by atoms with van der Waals surface area (Å²) in [6, 6.07) is 0. The predicted octanol–water partition coefficient (Wildman–Crippen LogP) is -0.944. The Hall–Kier alpha value is -0.650. The van der Waals surface area contributed by atoms with E-state index in [0.717, 1.165) is 26.3 Å². The van der Waals surface area contributed by atoms with Crippen molar-refractivity contribution in [1.82, 2.24) is 10.2 Å². The van der Waals surface area contributed by atoms with Crippen molar-refractivity contribution in [2.45, 2.75) is 0 Å². The molecule has 2 aliphatic rings. The second-order valence-corrected chi connectivity index (χ2v) is 3.68. The maximum atomic E-state index is 11.3. The molecule has 2 saturated heterocycles. The van der Waals surface area contributed by atoms with E-state index in [-0.39, 0.29) is 24.1 Å². The first-order valence-corrected chi connectivity index (χ1v) is 4.89. The van der Waals surface area contributed by atoms with Gasteiger partial charge in [-0.2, -0.15) is 0 Å². The van der Waals surface area contributed by atoms with Crippen molar-refractivity contribution in [3.8, 4) is 0 Å². The number of hydrogen-bond acceptors (Lipinski definition) is 4. The van der Waals surface area contributed by atoms with Crippen LogP contribution in [0.5, 0.6) is 0 Å². The standard InChI is InChI=1S/C9H14N2O3.ClH/c12-8-7(5-10-9(8)13)6-11-1-3-14-4-2-11;/h7H,1-6H2,(H,10,13);1H. The van der Waals surface area contributed by atoms with E-state index in [9.17, 15) is 9.59 Å². The molecule has 0 aromatic carbocycles. The molecule has 1 atom stereocenters. The summed E-state index contributed by atoms with van der Waals surface area (Å²) in [7, 11) is 0. The van der Waals surface area contributed by atoms with E-state index in [4.69, 9.17) is 4.74 Å². The molecule has 0 saturated carbocycles. The fourth-order valence-corrected chi connectivity index (χ4v) is 1.82. The number of amides is 1. The molecule has 5 nitrogen and oxygen atoms in total. The van der Waals surface area contributed by atoms with Crippen molar-refractivity contribution < 1.29 is 14.3 Å². The highest BCUT2D eigenvalue weighted by Gasteiger charge is 2.33. The van der Waals surface area contributed by atoms with Crippen LogP contribution in [0.1, 0.15) is 0 Å². The minimum absolute atomic E-state index is 0. The van der Waals surface area contributed by atoms with Crippen LogP contribution in [-0.2, 0) is 14.3 Å². The van der Waals surface area contributed by atoms with E-state index in [1.165, 1.54) is 0 Å². The lowest BCUT2D eigenvalue weighted by Gasteiger charge is -2.27. The molecular weight excluding hydrogens is 220 g/mol. The van der Waals surface area contributed by atoms with Gasteiger partial charge >= 0.3 is 0 Å². The van der Waals surface area contributed by atoms with Gasteiger partial charge < -0.3 is 10.1 Å². The number of ketones is 1. The van der Waals surface area contributed by atoms with Crippen LogP contribution in [0.4, 0.5) is 0 Å². The number of hydrogen-bond donors (Lipinski definition) is 1. The molecular formula is C9H15ClN2O3. The average Bonchev–Trinajstić information content (AvgIpc) is 2.52. The number of carbonyl (C=O) groups is 2. The van der Waals surface area contributed by atoms with Crippen molar-refractivity contribution in [2.24, 2.45) is 5.92 Å². The summed E-state index contributed by atoms with van der Waals surface area (Å²) < 4.78 is 5.20. The summed E-state index contributed by atoms with van der Waals surface area (Å²) in [4.78, 5) is 24.4. The highest BCUT2D eigenvalue weighted by molar-refractivity contribution is 6.38. The number of ether oxygens (including phenoxy) is 1. The molecule has 0 aliphatic carbocycles. The van der Waals surface area contributed by atoms with Gasteiger partial charge in [0.15, 0.2) is 0 Å². The number of nitrogens with one attached hydrogen (secondary N) is 1. The van der Waals surface area contributed by atoms with Crippen molar-refractivity contribution in [2.75, 3.05) is 39.4 Å². The Morgan fingerprint density at radius 3 is 2.53 bits per heavy atom. The number of Topliss-reactive ketones (excluding diaryl/α,β-unsaturated/α-hetero) is 1. The largest absolute Gasteiger partial charge is 0.379 e. The lowest BCUT2D eigenvalue weighted by molar-refractivity contribution is -0.136. The van der Waals surface area contributed by atoms with Gasteiger partial charge in [-0.05, 0) is 0 Å². The molecule has 0 spiro atoms. The number of carbonyl (C=O) groups excluding carboxylic acids is 2. The highest BCUT2D eigenvalue weighted by Crippen LogP contribution is 2.08. The molecule has 2 fully saturated rings. The van der Waals surface area contributed by atoms with Gasteiger partial charge in [-0.25, -0.2) is 0 Å². The quantitative estimate of drug-likeness (QED) is 0.627. The summed E-state index contributed by atoms with van der Waals surface area (Å²) in [6.07, 6.45) is 0. The Morgan fingerprint density at radius 1 is 1.33 bits per heavy atom. The summed E-state index contributed by atoms with van der Waals surface area (Å²) >= 11 is 0. The molecule has 0 aromatic rings. The predicted molar refractivity (Wildman–Crippen MR) is 56.0 cm³/mol. The van der Waals surface area contributed by atoms with Crippen molar-refractivity contribution in [1.29, 1.82) is 0 Å². The van der Waals surface area contributed by atoms with Crippen LogP contribution < -0.4 is 5.32 Å². The Kier molecular flexibility index (Phi) is 4.50. The van der Waals surface area contributed by atoms with Crippen LogP contribution in [0.15, 0.2) is 0 Å². The maximum absolute atomic E-state index is 11.3. The van der Waals surface area contributed by atoms with Gasteiger partial charge in [-0.3, -0.25) is 14.5 Å². The van der Waals surface area contributed by atoms with E-state index in [1.54, 1.807) is 0 Å². The third-order valence-electron chi connectivity index (χ3n) is 2.69. The molecule has 2 heterocycles. The molecule has 86 valence electrons. The zero-order valence-corrected chi connectivity index (χ0v) is 9.22. The van der Waals surface area contributed by atoms with Crippen LogP contribution >= 0.6 is 12.4 Å². The SMILES string of the molecule is Cl.O=C1NCC(CN2CCOCC2)C1=O. The smallest absolute Gasteiger partial charge is 0.287 e. The van der Waals surface area contributed by atoms with Crippen LogP contribution in [0.25, 0.3) is 0 Å². The Labute approximate surface area is 94.5 Å². The van der Waals surface area contributed by atoms with E-state index >= 15 is 0 Å².